The van der Waals surface area contributed by atoms with Gasteiger partial charge in [-0.3, -0.25) is 9.59 Å². The molecule has 0 N–H and O–H groups in total. The first-order chi connectivity index (χ1) is 17.5. The van der Waals surface area contributed by atoms with Crippen molar-refractivity contribution >= 4 is 29.3 Å². The molecule has 3 spiro atoms. The van der Waals surface area contributed by atoms with Gasteiger partial charge in [-0.05, 0) is 49.9 Å². The molecule has 0 bridgehead atoms. The molecule has 0 radical (unpaired) electrons. The number of cyclic esters (lactones) is 1. The van der Waals surface area contributed by atoms with Crippen LogP contribution in [0.2, 0.25) is 0 Å². The van der Waals surface area contributed by atoms with E-state index in [0.29, 0.717) is 31.2 Å². The molecule has 36 heavy (non-hydrogen) atoms. The summed E-state index contributed by atoms with van der Waals surface area (Å²) < 4.78 is 5.95. The van der Waals surface area contributed by atoms with Crippen molar-refractivity contribution in [2.24, 2.45) is 20.8 Å². The Morgan fingerprint density at radius 3 is 1.92 bits per heavy atom. The van der Waals surface area contributed by atoms with Crippen LogP contribution in [0.25, 0.3) is 0 Å². The zero-order chi connectivity index (χ0) is 24.8. The van der Waals surface area contributed by atoms with Crippen molar-refractivity contribution in [3.05, 3.63) is 71.8 Å². The minimum Gasteiger partial charge on any atom is -0.405 e. The van der Waals surface area contributed by atoms with Crippen molar-refractivity contribution in [2.45, 2.75) is 69.7 Å². The van der Waals surface area contributed by atoms with Crippen LogP contribution in [0.3, 0.4) is 0 Å². The molecule has 6 rings (SSSR count). The lowest BCUT2D eigenvalue weighted by Gasteiger charge is -2.48. The molecule has 4 aliphatic rings. The third-order valence-electron chi connectivity index (χ3n) is 8.91. The number of carbonyl (C=O) groups is 3. The zero-order valence-corrected chi connectivity index (χ0v) is 20.4. The van der Waals surface area contributed by atoms with E-state index in [1.54, 1.807) is 24.3 Å². The lowest BCUT2D eigenvalue weighted by molar-refractivity contribution is -0.153. The number of hydrogen-bond donors (Lipinski definition) is 0. The Labute approximate surface area is 210 Å². The molecule has 6 nitrogen and oxygen atoms in total. The third-order valence-corrected chi connectivity index (χ3v) is 8.91. The molecule has 0 unspecified atom stereocenters. The van der Waals surface area contributed by atoms with Crippen LogP contribution in [-0.4, -0.2) is 34.8 Å². The van der Waals surface area contributed by atoms with E-state index in [4.69, 9.17) is 9.73 Å². The monoisotopic (exact) mass is 482 g/mol. The van der Waals surface area contributed by atoms with Crippen molar-refractivity contribution in [3.63, 3.8) is 0 Å². The van der Waals surface area contributed by atoms with E-state index in [0.717, 1.165) is 44.1 Å². The molecule has 0 saturated heterocycles. The van der Waals surface area contributed by atoms with Crippen LogP contribution >= 0.6 is 0 Å². The van der Waals surface area contributed by atoms with Crippen molar-refractivity contribution in [1.29, 1.82) is 0 Å². The Hall–Kier alpha value is -3.41. The fourth-order valence-corrected chi connectivity index (χ4v) is 7.33. The highest BCUT2D eigenvalue weighted by molar-refractivity contribution is 6.50. The standard InChI is InChI=1S/C30H30N2O4/c33-24-23(31-25(34)21-13-5-1-6-14-21)28(17-9-3-10-18-28)30(29(24)19-11-4-12-20-29)27(35)36-26(32-30)22-15-7-2-8-16-22/h1-2,5-8,13-16H,3-4,9-12,17-20H2/t30-/m0/s1. The maximum absolute atomic E-state index is 14.5. The summed E-state index contributed by atoms with van der Waals surface area (Å²) in [5.74, 6) is -0.774. The van der Waals surface area contributed by atoms with Gasteiger partial charge in [0.1, 0.15) is 0 Å². The highest BCUT2D eigenvalue weighted by atomic mass is 16.6. The molecule has 2 aromatic rings. The minimum atomic E-state index is -1.38. The van der Waals surface area contributed by atoms with Gasteiger partial charge in [0, 0.05) is 11.1 Å². The molecule has 184 valence electrons. The number of Topliss-reactive ketones (excluding diaryl/α,β-unsaturated/α-hetero) is 1. The summed E-state index contributed by atoms with van der Waals surface area (Å²) >= 11 is 0. The lowest BCUT2D eigenvalue weighted by Crippen LogP contribution is -2.59. The summed E-state index contributed by atoms with van der Waals surface area (Å²) in [6.45, 7) is 0. The van der Waals surface area contributed by atoms with E-state index in [2.05, 4.69) is 4.99 Å². The number of fused-ring (bicyclic) bond motifs is 2. The molecule has 1 amide bonds. The molecular formula is C30H30N2O4. The van der Waals surface area contributed by atoms with Gasteiger partial charge in [-0.2, -0.15) is 0 Å². The molecule has 6 heteroatoms. The first-order valence-corrected chi connectivity index (χ1v) is 13.2. The van der Waals surface area contributed by atoms with Gasteiger partial charge in [0.2, 0.25) is 5.90 Å². The SMILES string of the molecule is O=C(N=C1C(=O)C2(CCCCC2)[C@@]2(N=C(c3ccccc3)OC2=O)C12CCCCC2)c1ccccc1. The van der Waals surface area contributed by atoms with E-state index >= 15 is 0 Å². The number of amides is 1. The Balaban J connectivity index is 1.60. The molecule has 1 heterocycles. The summed E-state index contributed by atoms with van der Waals surface area (Å²) in [7, 11) is 0. The molecule has 2 aromatic carbocycles. The number of rotatable bonds is 2. The van der Waals surface area contributed by atoms with Gasteiger partial charge < -0.3 is 4.74 Å². The van der Waals surface area contributed by atoms with Crippen molar-refractivity contribution in [2.75, 3.05) is 0 Å². The van der Waals surface area contributed by atoms with Crippen LogP contribution in [0.5, 0.6) is 0 Å². The molecular weight excluding hydrogens is 452 g/mol. The van der Waals surface area contributed by atoms with E-state index in [9.17, 15) is 14.4 Å². The van der Waals surface area contributed by atoms with Gasteiger partial charge >= 0.3 is 5.97 Å². The maximum Gasteiger partial charge on any atom is 0.342 e. The Morgan fingerprint density at radius 1 is 0.750 bits per heavy atom. The topological polar surface area (TPSA) is 85.2 Å². The fourth-order valence-electron chi connectivity index (χ4n) is 7.33. The Kier molecular flexibility index (Phi) is 5.51. The number of carbonyl (C=O) groups excluding carboxylic acids is 3. The van der Waals surface area contributed by atoms with Crippen molar-refractivity contribution < 1.29 is 19.1 Å². The molecule has 1 aliphatic heterocycles. The van der Waals surface area contributed by atoms with Crippen LogP contribution in [0.15, 0.2) is 70.6 Å². The predicted molar refractivity (Wildman–Crippen MR) is 136 cm³/mol. The van der Waals surface area contributed by atoms with Crippen LogP contribution in [0, 0.1) is 10.8 Å². The van der Waals surface area contributed by atoms with Crippen molar-refractivity contribution in [1.82, 2.24) is 0 Å². The van der Waals surface area contributed by atoms with Gasteiger partial charge in [-0.25, -0.2) is 14.8 Å². The smallest absolute Gasteiger partial charge is 0.342 e. The van der Waals surface area contributed by atoms with Crippen LogP contribution in [0.4, 0.5) is 0 Å². The van der Waals surface area contributed by atoms with E-state index in [1.807, 2.05) is 36.4 Å². The average Bonchev–Trinajstić information content (AvgIpc) is 3.37. The Bertz CT molecular complexity index is 1270. The second kappa shape index (κ2) is 8.61. The summed E-state index contributed by atoms with van der Waals surface area (Å²) in [6.07, 6.45) is 7.74. The summed E-state index contributed by atoms with van der Waals surface area (Å²) in [5, 5.41) is 0. The van der Waals surface area contributed by atoms with Gasteiger partial charge in [0.15, 0.2) is 11.3 Å². The van der Waals surface area contributed by atoms with Gasteiger partial charge in [0.05, 0.1) is 16.5 Å². The first-order valence-electron chi connectivity index (χ1n) is 13.2. The van der Waals surface area contributed by atoms with E-state index < -0.39 is 28.2 Å². The van der Waals surface area contributed by atoms with Gasteiger partial charge in [-0.1, -0.05) is 74.9 Å². The minimum absolute atomic E-state index is 0.164. The second-order valence-corrected chi connectivity index (χ2v) is 10.6. The number of benzene rings is 2. The van der Waals surface area contributed by atoms with Crippen molar-refractivity contribution in [3.8, 4) is 0 Å². The molecule has 1 atom stereocenters. The number of ketones is 1. The predicted octanol–water partition coefficient (Wildman–Crippen LogP) is 5.49. The third kappa shape index (κ3) is 3.06. The number of aliphatic imine (C=N–C) groups is 2. The maximum atomic E-state index is 14.5. The van der Waals surface area contributed by atoms with E-state index in [-0.39, 0.29) is 17.4 Å². The van der Waals surface area contributed by atoms with E-state index in [1.165, 1.54) is 0 Å². The lowest BCUT2D eigenvalue weighted by atomic mass is 9.54. The summed E-state index contributed by atoms with van der Waals surface area (Å²) in [4.78, 5) is 51.7. The molecule has 3 aliphatic carbocycles. The normalized spacial score (nSPS) is 27.6. The highest BCUT2D eigenvalue weighted by Gasteiger charge is 2.80. The van der Waals surface area contributed by atoms with Gasteiger partial charge in [0.25, 0.3) is 5.91 Å². The number of nitrogens with zero attached hydrogens (tertiary/aromatic N) is 2. The summed E-state index contributed by atoms with van der Waals surface area (Å²) in [5.41, 5.74) is -1.92. The molecule has 3 saturated carbocycles. The fraction of sp³-hybridized carbons (Fsp3) is 0.433. The second-order valence-electron chi connectivity index (χ2n) is 10.6. The molecule has 3 fully saturated rings. The largest absolute Gasteiger partial charge is 0.405 e. The first kappa shape index (κ1) is 23.0. The van der Waals surface area contributed by atoms with Crippen LogP contribution in [0.1, 0.15) is 80.1 Å². The quantitative estimate of drug-likeness (QED) is 0.530. The Morgan fingerprint density at radius 2 is 1.31 bits per heavy atom. The number of esters is 1. The van der Waals surface area contributed by atoms with Crippen LogP contribution < -0.4 is 0 Å². The van der Waals surface area contributed by atoms with Crippen LogP contribution in [-0.2, 0) is 14.3 Å². The molecule has 0 aromatic heterocycles. The highest BCUT2D eigenvalue weighted by Crippen LogP contribution is 2.67. The van der Waals surface area contributed by atoms with Gasteiger partial charge in [-0.15, -0.1) is 0 Å². The number of hydrogen-bond acceptors (Lipinski definition) is 5. The zero-order valence-electron chi connectivity index (χ0n) is 20.4. The summed E-state index contributed by atoms with van der Waals surface area (Å²) in [6, 6.07) is 18.2. The number of ether oxygens (including phenoxy) is 1. The average molecular weight is 483 g/mol.